The van der Waals surface area contributed by atoms with Gasteiger partial charge >= 0.3 is 0 Å². The molecule has 0 fully saturated rings. The van der Waals surface area contributed by atoms with E-state index in [4.69, 9.17) is 0 Å². The fourth-order valence-corrected chi connectivity index (χ4v) is 2.49. The molecule has 1 aromatic carbocycles. The van der Waals surface area contributed by atoms with Crippen molar-refractivity contribution in [3.63, 3.8) is 0 Å². The number of hydrogen-bond acceptors (Lipinski definition) is 1. The van der Waals surface area contributed by atoms with Gasteiger partial charge in [0.15, 0.2) is 0 Å². The molecule has 1 unspecified atom stereocenters. The summed E-state index contributed by atoms with van der Waals surface area (Å²) in [5.74, 6) is 0. The molecule has 0 amide bonds. The standard InChI is InChI=1S/C15H22N2/c1-11(16-3)9-10-14-12(2)13-7-5-6-8-15(13)17(14)4/h5-8,11,16H,9-10H2,1-4H3. The lowest BCUT2D eigenvalue weighted by molar-refractivity contribution is 0.556. The highest BCUT2D eigenvalue weighted by molar-refractivity contribution is 5.85. The Kier molecular flexibility index (Phi) is 3.53. The maximum atomic E-state index is 3.30. The zero-order chi connectivity index (χ0) is 12.4. The maximum absolute atomic E-state index is 3.30. The summed E-state index contributed by atoms with van der Waals surface area (Å²) in [6.45, 7) is 4.47. The van der Waals surface area contributed by atoms with Crippen molar-refractivity contribution in [1.29, 1.82) is 0 Å². The number of nitrogens with zero attached hydrogens (tertiary/aromatic N) is 1. The van der Waals surface area contributed by atoms with E-state index in [0.717, 1.165) is 6.42 Å². The Morgan fingerprint density at radius 1 is 1.29 bits per heavy atom. The molecule has 0 aliphatic carbocycles. The van der Waals surface area contributed by atoms with Gasteiger partial charge in [-0.2, -0.15) is 0 Å². The van der Waals surface area contributed by atoms with Crippen LogP contribution in [0.25, 0.3) is 10.9 Å². The molecule has 0 radical (unpaired) electrons. The van der Waals surface area contributed by atoms with Crippen molar-refractivity contribution < 1.29 is 0 Å². The monoisotopic (exact) mass is 230 g/mol. The lowest BCUT2D eigenvalue weighted by Crippen LogP contribution is -2.22. The number of hydrogen-bond donors (Lipinski definition) is 1. The summed E-state index contributed by atoms with van der Waals surface area (Å²) in [6, 6.07) is 9.23. The summed E-state index contributed by atoms with van der Waals surface area (Å²) in [4.78, 5) is 0. The van der Waals surface area contributed by atoms with Gasteiger partial charge in [0.2, 0.25) is 0 Å². The number of aromatic nitrogens is 1. The zero-order valence-electron chi connectivity index (χ0n) is 11.2. The van der Waals surface area contributed by atoms with Gasteiger partial charge in [0, 0.05) is 29.7 Å². The summed E-state index contributed by atoms with van der Waals surface area (Å²) >= 11 is 0. The molecule has 1 heterocycles. The predicted octanol–water partition coefficient (Wildman–Crippen LogP) is 3.03. The third-order valence-corrected chi connectivity index (χ3v) is 3.81. The first-order valence-corrected chi connectivity index (χ1v) is 6.35. The number of nitrogens with one attached hydrogen (secondary N) is 1. The van der Waals surface area contributed by atoms with Gasteiger partial charge in [0.25, 0.3) is 0 Å². The number of rotatable bonds is 4. The Labute approximate surface area is 104 Å². The van der Waals surface area contributed by atoms with E-state index < -0.39 is 0 Å². The minimum atomic E-state index is 0.576. The maximum Gasteiger partial charge on any atom is 0.0482 e. The highest BCUT2D eigenvalue weighted by Crippen LogP contribution is 2.25. The topological polar surface area (TPSA) is 17.0 Å². The first-order chi connectivity index (χ1) is 8.15. The molecule has 0 aliphatic rings. The largest absolute Gasteiger partial charge is 0.347 e. The lowest BCUT2D eigenvalue weighted by Gasteiger charge is -2.11. The molecule has 0 saturated heterocycles. The minimum Gasteiger partial charge on any atom is -0.347 e. The third-order valence-electron chi connectivity index (χ3n) is 3.81. The molecule has 17 heavy (non-hydrogen) atoms. The number of para-hydroxylation sites is 1. The van der Waals surface area contributed by atoms with E-state index in [1.807, 2.05) is 7.05 Å². The van der Waals surface area contributed by atoms with Gasteiger partial charge in [0.05, 0.1) is 0 Å². The predicted molar refractivity (Wildman–Crippen MR) is 74.5 cm³/mol. The van der Waals surface area contributed by atoms with Crippen molar-refractivity contribution in [2.75, 3.05) is 7.05 Å². The van der Waals surface area contributed by atoms with E-state index in [-0.39, 0.29) is 0 Å². The Hall–Kier alpha value is -1.28. The average molecular weight is 230 g/mol. The smallest absolute Gasteiger partial charge is 0.0482 e. The van der Waals surface area contributed by atoms with Crippen LogP contribution in [0, 0.1) is 6.92 Å². The first kappa shape index (κ1) is 12.2. The Morgan fingerprint density at radius 3 is 2.65 bits per heavy atom. The van der Waals surface area contributed by atoms with Crippen LogP contribution in [-0.2, 0) is 13.5 Å². The van der Waals surface area contributed by atoms with E-state index in [9.17, 15) is 0 Å². The van der Waals surface area contributed by atoms with Gasteiger partial charge in [0.1, 0.15) is 0 Å². The van der Waals surface area contributed by atoms with Crippen LogP contribution < -0.4 is 5.32 Å². The molecular formula is C15H22N2. The fraction of sp³-hybridized carbons (Fsp3) is 0.467. The van der Waals surface area contributed by atoms with Gasteiger partial charge in [-0.1, -0.05) is 18.2 Å². The fourth-order valence-electron chi connectivity index (χ4n) is 2.49. The Balaban J connectivity index is 2.34. The molecule has 2 nitrogen and oxygen atoms in total. The molecule has 0 spiro atoms. The SMILES string of the molecule is CNC(C)CCc1c(C)c2ccccc2n1C. The molecule has 2 rings (SSSR count). The van der Waals surface area contributed by atoms with Crippen LogP contribution in [0.4, 0.5) is 0 Å². The molecule has 2 aromatic rings. The Morgan fingerprint density at radius 2 is 2.00 bits per heavy atom. The third kappa shape index (κ3) is 2.22. The van der Waals surface area contributed by atoms with E-state index in [0.29, 0.717) is 6.04 Å². The number of aryl methyl sites for hydroxylation is 2. The van der Waals surface area contributed by atoms with Crippen LogP contribution >= 0.6 is 0 Å². The molecule has 1 aromatic heterocycles. The summed E-state index contributed by atoms with van der Waals surface area (Å²) in [7, 11) is 4.20. The lowest BCUT2D eigenvalue weighted by atomic mass is 10.1. The molecule has 1 N–H and O–H groups in total. The summed E-state index contributed by atoms with van der Waals surface area (Å²) in [5, 5.41) is 4.69. The normalized spacial score (nSPS) is 13.2. The molecule has 0 bridgehead atoms. The molecular weight excluding hydrogens is 208 g/mol. The van der Waals surface area contributed by atoms with Crippen molar-refractivity contribution in [3.05, 3.63) is 35.5 Å². The van der Waals surface area contributed by atoms with Crippen LogP contribution in [0.1, 0.15) is 24.6 Å². The zero-order valence-corrected chi connectivity index (χ0v) is 11.2. The Bertz CT molecular complexity index is 472. The number of benzene rings is 1. The van der Waals surface area contributed by atoms with Crippen molar-refractivity contribution >= 4 is 10.9 Å². The van der Waals surface area contributed by atoms with E-state index in [1.54, 1.807) is 0 Å². The van der Waals surface area contributed by atoms with Gasteiger partial charge in [-0.25, -0.2) is 0 Å². The van der Waals surface area contributed by atoms with Gasteiger partial charge in [-0.05, 0) is 45.4 Å². The molecule has 0 saturated carbocycles. The van der Waals surface area contributed by atoms with E-state index in [2.05, 4.69) is 55.0 Å². The number of fused-ring (bicyclic) bond motifs is 1. The second-order valence-corrected chi connectivity index (χ2v) is 4.88. The highest BCUT2D eigenvalue weighted by Gasteiger charge is 2.11. The van der Waals surface area contributed by atoms with Crippen molar-refractivity contribution in [2.45, 2.75) is 32.7 Å². The quantitative estimate of drug-likeness (QED) is 0.854. The van der Waals surface area contributed by atoms with Crippen molar-refractivity contribution in [2.24, 2.45) is 7.05 Å². The molecule has 1 atom stereocenters. The van der Waals surface area contributed by atoms with Crippen molar-refractivity contribution in [3.8, 4) is 0 Å². The van der Waals surface area contributed by atoms with Crippen LogP contribution in [-0.4, -0.2) is 17.7 Å². The summed E-state index contributed by atoms with van der Waals surface area (Å²) < 4.78 is 2.34. The van der Waals surface area contributed by atoms with E-state index in [1.165, 1.54) is 28.6 Å². The molecule has 0 aliphatic heterocycles. The van der Waals surface area contributed by atoms with Crippen LogP contribution in [0.5, 0.6) is 0 Å². The van der Waals surface area contributed by atoms with Gasteiger partial charge in [-0.15, -0.1) is 0 Å². The summed E-state index contributed by atoms with van der Waals surface area (Å²) in [6.07, 6.45) is 2.32. The molecule has 92 valence electrons. The van der Waals surface area contributed by atoms with Crippen LogP contribution in [0.3, 0.4) is 0 Å². The van der Waals surface area contributed by atoms with Crippen LogP contribution in [0.15, 0.2) is 24.3 Å². The second-order valence-electron chi connectivity index (χ2n) is 4.88. The highest BCUT2D eigenvalue weighted by atomic mass is 14.9. The first-order valence-electron chi connectivity index (χ1n) is 6.35. The van der Waals surface area contributed by atoms with Crippen LogP contribution in [0.2, 0.25) is 0 Å². The van der Waals surface area contributed by atoms with Gasteiger partial charge < -0.3 is 9.88 Å². The average Bonchev–Trinajstić information content (AvgIpc) is 2.60. The molecule has 2 heteroatoms. The van der Waals surface area contributed by atoms with Gasteiger partial charge in [-0.3, -0.25) is 0 Å². The second kappa shape index (κ2) is 4.92. The van der Waals surface area contributed by atoms with E-state index >= 15 is 0 Å². The summed E-state index contributed by atoms with van der Waals surface area (Å²) in [5.41, 5.74) is 4.25. The minimum absolute atomic E-state index is 0.576. The van der Waals surface area contributed by atoms with Crippen molar-refractivity contribution in [1.82, 2.24) is 9.88 Å².